The van der Waals surface area contributed by atoms with Gasteiger partial charge in [0.05, 0.1) is 40.6 Å². The van der Waals surface area contributed by atoms with E-state index in [9.17, 15) is 14.7 Å². The van der Waals surface area contributed by atoms with Gasteiger partial charge < -0.3 is 14.6 Å². The Balaban J connectivity index is 1.99. The van der Waals surface area contributed by atoms with Gasteiger partial charge in [-0.3, -0.25) is 9.36 Å². The maximum atomic E-state index is 13.6. The Labute approximate surface area is 208 Å². The van der Waals surface area contributed by atoms with E-state index in [-0.39, 0.29) is 33.0 Å². The Morgan fingerprint density at radius 3 is 2.76 bits per heavy atom. The second kappa shape index (κ2) is 9.66. The van der Waals surface area contributed by atoms with Gasteiger partial charge in [0, 0.05) is 10.6 Å². The Morgan fingerprint density at radius 1 is 1.29 bits per heavy atom. The fraction of sp³-hybridized carbons (Fsp3) is 0.208. The summed E-state index contributed by atoms with van der Waals surface area (Å²) >= 11 is 13.2. The molecule has 1 N–H and O–H groups in total. The summed E-state index contributed by atoms with van der Waals surface area (Å²) in [5.74, 6) is -0.161. The van der Waals surface area contributed by atoms with E-state index < -0.39 is 12.0 Å². The highest BCUT2D eigenvalue weighted by Gasteiger charge is 2.33. The molecular weight excluding hydrogens is 499 g/mol. The molecule has 2 heterocycles. The molecule has 176 valence electrons. The summed E-state index contributed by atoms with van der Waals surface area (Å²) in [4.78, 5) is 31.5. The number of nitrogens with zero attached hydrogens (tertiary/aromatic N) is 2. The molecule has 3 aromatic rings. The van der Waals surface area contributed by atoms with E-state index in [1.54, 1.807) is 39.2 Å². The number of benzene rings is 2. The molecule has 10 heteroatoms. The Morgan fingerprint density at radius 2 is 2.06 bits per heavy atom. The number of phenols is 1. The molecule has 0 spiro atoms. The molecule has 34 heavy (non-hydrogen) atoms. The molecular formula is C24H20Cl2N2O5S. The fourth-order valence-corrected chi connectivity index (χ4v) is 5.30. The van der Waals surface area contributed by atoms with E-state index in [2.05, 4.69) is 4.99 Å². The number of ether oxygens (including phenoxy) is 2. The smallest absolute Gasteiger partial charge is 0.338 e. The first-order valence-corrected chi connectivity index (χ1v) is 11.8. The predicted molar refractivity (Wildman–Crippen MR) is 132 cm³/mol. The van der Waals surface area contributed by atoms with E-state index in [1.807, 2.05) is 6.07 Å². The van der Waals surface area contributed by atoms with Crippen LogP contribution in [0.1, 0.15) is 31.0 Å². The van der Waals surface area contributed by atoms with E-state index in [0.717, 1.165) is 11.3 Å². The van der Waals surface area contributed by atoms with Crippen molar-refractivity contribution in [2.75, 3.05) is 13.7 Å². The second-order valence-corrected chi connectivity index (χ2v) is 9.26. The molecule has 0 bridgehead atoms. The third kappa shape index (κ3) is 4.36. The largest absolute Gasteiger partial charge is 0.506 e. The van der Waals surface area contributed by atoms with Gasteiger partial charge in [0.15, 0.2) is 4.80 Å². The summed E-state index contributed by atoms with van der Waals surface area (Å²) in [6.45, 7) is 3.60. The number of hydrogen-bond acceptors (Lipinski definition) is 7. The molecule has 7 nitrogen and oxygen atoms in total. The van der Waals surface area contributed by atoms with Crippen LogP contribution < -0.4 is 19.6 Å². The number of aromatic nitrogens is 1. The summed E-state index contributed by atoms with van der Waals surface area (Å²) in [6, 6.07) is 9.29. The first-order chi connectivity index (χ1) is 16.2. The van der Waals surface area contributed by atoms with Crippen LogP contribution in [0.2, 0.25) is 10.0 Å². The lowest BCUT2D eigenvalue weighted by Gasteiger charge is -2.25. The van der Waals surface area contributed by atoms with Gasteiger partial charge in [-0.15, -0.1) is 0 Å². The Bertz CT molecular complexity index is 1510. The van der Waals surface area contributed by atoms with Crippen LogP contribution in [0.5, 0.6) is 11.5 Å². The topological polar surface area (TPSA) is 90.1 Å². The number of fused-ring (bicyclic) bond motifs is 1. The number of esters is 1. The van der Waals surface area contributed by atoms with Gasteiger partial charge in [-0.2, -0.15) is 0 Å². The van der Waals surface area contributed by atoms with Crippen LogP contribution in [0.15, 0.2) is 57.5 Å². The number of rotatable bonds is 5. The van der Waals surface area contributed by atoms with E-state index in [0.29, 0.717) is 32.4 Å². The molecule has 0 amide bonds. The third-order valence-corrected chi connectivity index (χ3v) is 6.76. The molecule has 2 aromatic carbocycles. The van der Waals surface area contributed by atoms with Gasteiger partial charge in [-0.05, 0) is 49.8 Å². The molecule has 1 aromatic heterocycles. The molecule has 1 aliphatic heterocycles. The maximum Gasteiger partial charge on any atom is 0.338 e. The second-order valence-electron chi connectivity index (χ2n) is 7.40. The molecule has 0 saturated heterocycles. The van der Waals surface area contributed by atoms with Crippen molar-refractivity contribution in [2.24, 2.45) is 4.99 Å². The number of phenolic OH excluding ortho intramolecular Hbond substituents is 1. The quantitative estimate of drug-likeness (QED) is 0.518. The van der Waals surface area contributed by atoms with Crippen LogP contribution >= 0.6 is 34.5 Å². The number of carbonyl (C=O) groups excluding carboxylic acids is 1. The minimum atomic E-state index is -0.774. The van der Waals surface area contributed by atoms with Crippen LogP contribution in [0.4, 0.5) is 0 Å². The average Bonchev–Trinajstić information content (AvgIpc) is 3.10. The van der Waals surface area contributed by atoms with E-state index in [1.165, 1.54) is 22.8 Å². The zero-order chi connectivity index (χ0) is 24.6. The number of methoxy groups -OCH3 is 1. The molecule has 0 aliphatic carbocycles. The van der Waals surface area contributed by atoms with Gasteiger partial charge >= 0.3 is 5.97 Å². The van der Waals surface area contributed by atoms with Gasteiger partial charge in [-0.25, -0.2) is 9.79 Å². The molecule has 0 saturated carbocycles. The maximum absolute atomic E-state index is 13.6. The zero-order valence-electron chi connectivity index (χ0n) is 18.5. The Kier molecular flexibility index (Phi) is 6.84. The van der Waals surface area contributed by atoms with Crippen molar-refractivity contribution < 1.29 is 19.4 Å². The van der Waals surface area contributed by atoms with Crippen molar-refractivity contribution in [1.29, 1.82) is 0 Å². The highest BCUT2D eigenvalue weighted by molar-refractivity contribution is 7.07. The molecule has 0 radical (unpaired) electrons. The van der Waals surface area contributed by atoms with Crippen molar-refractivity contribution >= 4 is 46.6 Å². The van der Waals surface area contributed by atoms with Gasteiger partial charge in [-0.1, -0.05) is 46.7 Å². The number of hydrogen-bond donors (Lipinski definition) is 1. The van der Waals surface area contributed by atoms with Crippen LogP contribution in [0, 0.1) is 0 Å². The van der Waals surface area contributed by atoms with Gasteiger partial charge in [0.1, 0.15) is 11.5 Å². The van der Waals surface area contributed by atoms with Crippen molar-refractivity contribution in [2.45, 2.75) is 19.9 Å². The first kappa shape index (κ1) is 24.1. The predicted octanol–water partition coefficient (Wildman–Crippen LogP) is 3.82. The monoisotopic (exact) mass is 518 g/mol. The van der Waals surface area contributed by atoms with Crippen molar-refractivity contribution in [3.63, 3.8) is 0 Å². The number of carbonyl (C=O) groups is 1. The molecule has 1 unspecified atom stereocenters. The van der Waals surface area contributed by atoms with Crippen molar-refractivity contribution in [1.82, 2.24) is 4.57 Å². The third-order valence-electron chi connectivity index (χ3n) is 5.27. The minimum absolute atomic E-state index is 0.0706. The van der Waals surface area contributed by atoms with Crippen LogP contribution in [0.25, 0.3) is 6.08 Å². The van der Waals surface area contributed by atoms with Crippen molar-refractivity contribution in [3.05, 3.63) is 88.5 Å². The number of halogens is 2. The summed E-state index contributed by atoms with van der Waals surface area (Å²) < 4.78 is 12.4. The van der Waals surface area contributed by atoms with E-state index >= 15 is 0 Å². The lowest BCUT2D eigenvalue weighted by Crippen LogP contribution is -2.39. The molecule has 4 rings (SSSR count). The average molecular weight is 519 g/mol. The highest BCUT2D eigenvalue weighted by atomic mass is 35.5. The zero-order valence-corrected chi connectivity index (χ0v) is 20.8. The number of aromatic hydroxyl groups is 1. The van der Waals surface area contributed by atoms with Crippen LogP contribution in [-0.4, -0.2) is 29.4 Å². The van der Waals surface area contributed by atoms with Gasteiger partial charge in [0.25, 0.3) is 5.56 Å². The standard InChI is InChI=1S/C24H20Cl2N2O5S/c1-4-33-23(31)19-12(2)27-24-28(20(19)13-6-5-7-16(9-13)32-3)22(30)18(34-24)10-14-8-15(25)11-17(26)21(14)29/h5-11,20,29H,4H2,1-3H3/b18-10+. The molecule has 1 atom stereocenters. The lowest BCUT2D eigenvalue weighted by atomic mass is 9.95. The molecule has 1 aliphatic rings. The summed E-state index contributed by atoms with van der Waals surface area (Å²) in [5, 5.41) is 10.7. The number of allylic oxidation sites excluding steroid dienone is 1. The highest BCUT2D eigenvalue weighted by Crippen LogP contribution is 2.33. The SMILES string of the molecule is CCOC(=O)C1=C(C)N=c2s/c(=C/c3cc(Cl)cc(Cl)c3O)c(=O)n2C1c1cccc(OC)c1. The van der Waals surface area contributed by atoms with Crippen LogP contribution in [-0.2, 0) is 9.53 Å². The lowest BCUT2D eigenvalue weighted by molar-refractivity contribution is -0.139. The van der Waals surface area contributed by atoms with Gasteiger partial charge in [0.2, 0.25) is 0 Å². The summed E-state index contributed by atoms with van der Waals surface area (Å²) in [6.07, 6.45) is 1.50. The normalized spacial score (nSPS) is 15.7. The Hall–Kier alpha value is -3.07. The first-order valence-electron chi connectivity index (χ1n) is 10.3. The molecule has 0 fully saturated rings. The summed E-state index contributed by atoms with van der Waals surface area (Å²) in [5.41, 5.74) is 1.29. The van der Waals surface area contributed by atoms with Crippen LogP contribution in [0.3, 0.4) is 0 Å². The summed E-state index contributed by atoms with van der Waals surface area (Å²) in [7, 11) is 1.54. The number of thiazole rings is 1. The minimum Gasteiger partial charge on any atom is -0.506 e. The van der Waals surface area contributed by atoms with E-state index in [4.69, 9.17) is 32.7 Å². The van der Waals surface area contributed by atoms with Crippen molar-refractivity contribution in [3.8, 4) is 11.5 Å². The fourth-order valence-electron chi connectivity index (χ4n) is 3.76.